The van der Waals surface area contributed by atoms with Crippen LogP contribution in [0.3, 0.4) is 0 Å². The largest absolute Gasteiger partial charge is 0.508 e. The molecule has 3 heteroatoms. The Balaban J connectivity index is 1.39. The van der Waals surface area contributed by atoms with Gasteiger partial charge in [0.05, 0.1) is 12.7 Å². The predicted molar refractivity (Wildman–Crippen MR) is 113 cm³/mol. The molecule has 0 saturated heterocycles. The van der Waals surface area contributed by atoms with E-state index in [4.69, 9.17) is 4.74 Å². The van der Waals surface area contributed by atoms with Gasteiger partial charge in [0.25, 0.3) is 0 Å². The average Bonchev–Trinajstić information content (AvgIpc) is 2.75. The summed E-state index contributed by atoms with van der Waals surface area (Å²) < 4.78 is 6.00. The third kappa shape index (κ3) is 4.44. The normalized spacial score (nSPS) is 17.1. The van der Waals surface area contributed by atoms with Crippen LogP contribution in [-0.4, -0.2) is 24.8 Å². The van der Waals surface area contributed by atoms with E-state index in [1.807, 2.05) is 18.2 Å². The van der Waals surface area contributed by atoms with E-state index in [0.29, 0.717) is 11.7 Å². The van der Waals surface area contributed by atoms with Gasteiger partial charge in [-0.1, -0.05) is 66.7 Å². The molecule has 2 N–H and O–H groups in total. The van der Waals surface area contributed by atoms with Crippen LogP contribution in [0, 0.1) is 0 Å². The lowest BCUT2D eigenvalue weighted by Gasteiger charge is -2.26. The minimum atomic E-state index is 0.133. The minimum absolute atomic E-state index is 0.133. The number of rotatable bonds is 7. The van der Waals surface area contributed by atoms with Crippen molar-refractivity contribution in [3.8, 4) is 5.75 Å². The molecule has 28 heavy (non-hydrogen) atoms. The molecule has 3 nitrogen and oxygen atoms in total. The first-order valence-electron chi connectivity index (χ1n) is 10.1. The molecule has 0 spiro atoms. The fourth-order valence-electron chi connectivity index (χ4n) is 4.04. The zero-order valence-corrected chi connectivity index (χ0v) is 16.1. The van der Waals surface area contributed by atoms with Gasteiger partial charge < -0.3 is 15.2 Å². The standard InChI is InChI=1S/C25H27NO2/c27-22-12-10-21(11-13-22)23(19-6-2-1-3-7-19)14-16-26-18-25-24-9-5-4-8-20(24)15-17-28-25/h1-13,23,25-27H,14-18H2. The van der Waals surface area contributed by atoms with E-state index in [9.17, 15) is 5.11 Å². The lowest BCUT2D eigenvalue weighted by molar-refractivity contribution is 0.0426. The summed E-state index contributed by atoms with van der Waals surface area (Å²) in [7, 11) is 0. The summed E-state index contributed by atoms with van der Waals surface area (Å²) >= 11 is 0. The van der Waals surface area contributed by atoms with Crippen molar-refractivity contribution in [2.75, 3.05) is 19.7 Å². The van der Waals surface area contributed by atoms with Gasteiger partial charge in [-0.3, -0.25) is 0 Å². The van der Waals surface area contributed by atoms with E-state index in [1.165, 1.54) is 22.3 Å². The highest BCUT2D eigenvalue weighted by atomic mass is 16.5. The Labute approximate surface area is 167 Å². The Kier molecular flexibility index (Phi) is 6.05. The summed E-state index contributed by atoms with van der Waals surface area (Å²) in [6.07, 6.45) is 2.13. The molecule has 144 valence electrons. The van der Waals surface area contributed by atoms with Crippen LogP contribution in [-0.2, 0) is 11.2 Å². The molecule has 0 saturated carbocycles. The Morgan fingerprint density at radius 1 is 0.893 bits per heavy atom. The van der Waals surface area contributed by atoms with Gasteiger partial charge in [0.1, 0.15) is 5.75 Å². The molecule has 0 aliphatic carbocycles. The quantitative estimate of drug-likeness (QED) is 0.584. The number of benzene rings is 3. The maximum Gasteiger partial charge on any atom is 0.115 e. The number of aromatic hydroxyl groups is 1. The average molecular weight is 373 g/mol. The van der Waals surface area contributed by atoms with E-state index in [-0.39, 0.29) is 6.10 Å². The number of phenolic OH excluding ortho intramolecular Hbond substituents is 1. The monoisotopic (exact) mass is 373 g/mol. The zero-order valence-electron chi connectivity index (χ0n) is 16.1. The van der Waals surface area contributed by atoms with Gasteiger partial charge in [0.2, 0.25) is 0 Å². The molecule has 1 aliphatic heterocycles. The molecule has 0 amide bonds. The van der Waals surface area contributed by atoms with Gasteiger partial charge in [-0.25, -0.2) is 0 Å². The Morgan fingerprint density at radius 2 is 1.61 bits per heavy atom. The second-order valence-corrected chi connectivity index (χ2v) is 7.36. The highest BCUT2D eigenvalue weighted by molar-refractivity contribution is 5.35. The first kappa shape index (κ1) is 18.7. The van der Waals surface area contributed by atoms with Gasteiger partial charge in [0.15, 0.2) is 0 Å². The van der Waals surface area contributed by atoms with Crippen molar-refractivity contribution in [3.05, 3.63) is 101 Å². The molecular weight excluding hydrogens is 346 g/mol. The van der Waals surface area contributed by atoms with Gasteiger partial charge in [-0.2, -0.15) is 0 Å². The first-order valence-corrected chi connectivity index (χ1v) is 10.1. The van der Waals surface area contributed by atoms with Crippen molar-refractivity contribution in [2.45, 2.75) is 24.9 Å². The number of nitrogens with one attached hydrogen (secondary N) is 1. The highest BCUT2D eigenvalue weighted by Crippen LogP contribution is 2.29. The van der Waals surface area contributed by atoms with Crippen LogP contribution in [0.25, 0.3) is 0 Å². The third-order valence-electron chi connectivity index (χ3n) is 5.53. The molecule has 0 fully saturated rings. The Bertz CT molecular complexity index is 877. The van der Waals surface area contributed by atoms with E-state index in [0.717, 1.165) is 32.5 Å². The van der Waals surface area contributed by atoms with Gasteiger partial charge in [-0.05, 0) is 53.8 Å². The number of fused-ring (bicyclic) bond motifs is 1. The van der Waals surface area contributed by atoms with Crippen molar-refractivity contribution in [2.24, 2.45) is 0 Å². The molecule has 1 aliphatic rings. The smallest absolute Gasteiger partial charge is 0.115 e. The zero-order chi connectivity index (χ0) is 19.2. The van der Waals surface area contributed by atoms with Crippen molar-refractivity contribution in [1.82, 2.24) is 5.32 Å². The lowest BCUT2D eigenvalue weighted by Crippen LogP contribution is -2.28. The van der Waals surface area contributed by atoms with E-state index in [1.54, 1.807) is 12.1 Å². The van der Waals surface area contributed by atoms with Crippen molar-refractivity contribution >= 4 is 0 Å². The lowest BCUT2D eigenvalue weighted by atomic mass is 9.88. The topological polar surface area (TPSA) is 41.5 Å². The fraction of sp³-hybridized carbons (Fsp3) is 0.280. The van der Waals surface area contributed by atoms with Crippen molar-refractivity contribution in [3.63, 3.8) is 0 Å². The number of hydrogen-bond acceptors (Lipinski definition) is 3. The molecule has 0 aromatic heterocycles. The third-order valence-corrected chi connectivity index (χ3v) is 5.53. The Morgan fingerprint density at radius 3 is 2.43 bits per heavy atom. The molecule has 1 heterocycles. The SMILES string of the molecule is Oc1ccc(C(CCNCC2OCCc3ccccc32)c2ccccc2)cc1. The van der Waals surface area contributed by atoms with Crippen LogP contribution >= 0.6 is 0 Å². The summed E-state index contributed by atoms with van der Waals surface area (Å²) in [5.74, 6) is 0.607. The van der Waals surface area contributed by atoms with Gasteiger partial charge in [-0.15, -0.1) is 0 Å². The van der Waals surface area contributed by atoms with Crippen LogP contribution in [0.5, 0.6) is 5.75 Å². The van der Waals surface area contributed by atoms with Crippen molar-refractivity contribution in [1.29, 1.82) is 0 Å². The first-order chi connectivity index (χ1) is 13.8. The molecule has 2 atom stereocenters. The van der Waals surface area contributed by atoms with Crippen LogP contribution < -0.4 is 5.32 Å². The minimum Gasteiger partial charge on any atom is -0.508 e. The summed E-state index contributed by atoms with van der Waals surface area (Å²) in [5, 5.41) is 13.2. The van der Waals surface area contributed by atoms with Gasteiger partial charge >= 0.3 is 0 Å². The van der Waals surface area contributed by atoms with E-state index >= 15 is 0 Å². The van der Waals surface area contributed by atoms with E-state index in [2.05, 4.69) is 53.8 Å². The summed E-state index contributed by atoms with van der Waals surface area (Å²) in [6.45, 7) is 2.53. The van der Waals surface area contributed by atoms with Crippen molar-refractivity contribution < 1.29 is 9.84 Å². The van der Waals surface area contributed by atoms with Crippen LogP contribution in [0.1, 0.15) is 40.7 Å². The predicted octanol–water partition coefficient (Wildman–Crippen LogP) is 4.82. The molecule has 2 unspecified atom stereocenters. The second-order valence-electron chi connectivity index (χ2n) is 7.36. The maximum absolute atomic E-state index is 9.62. The van der Waals surface area contributed by atoms with Crippen LogP contribution in [0.4, 0.5) is 0 Å². The van der Waals surface area contributed by atoms with Crippen LogP contribution in [0.2, 0.25) is 0 Å². The maximum atomic E-state index is 9.62. The highest BCUT2D eigenvalue weighted by Gasteiger charge is 2.20. The number of ether oxygens (including phenoxy) is 1. The summed E-state index contributed by atoms with van der Waals surface area (Å²) in [6, 6.07) is 26.8. The van der Waals surface area contributed by atoms with E-state index < -0.39 is 0 Å². The molecule has 0 radical (unpaired) electrons. The van der Waals surface area contributed by atoms with Gasteiger partial charge in [0, 0.05) is 12.5 Å². The summed E-state index contributed by atoms with van der Waals surface area (Å²) in [4.78, 5) is 0. The molecular formula is C25H27NO2. The molecule has 0 bridgehead atoms. The summed E-state index contributed by atoms with van der Waals surface area (Å²) in [5.41, 5.74) is 5.26. The number of phenols is 1. The second kappa shape index (κ2) is 9.05. The fourth-order valence-corrected chi connectivity index (χ4v) is 4.04. The molecule has 4 rings (SSSR count). The molecule has 3 aromatic carbocycles. The Hall–Kier alpha value is -2.62. The molecule has 3 aromatic rings. The van der Waals surface area contributed by atoms with Crippen LogP contribution in [0.15, 0.2) is 78.9 Å². The number of hydrogen-bond donors (Lipinski definition) is 2.